The Labute approximate surface area is 402 Å². The number of carbonyl (C=O) groups excluding carboxylic acids is 2. The Hall–Kier alpha value is -2.70. The van der Waals surface area contributed by atoms with Gasteiger partial charge in [-0.3, -0.25) is 9.59 Å². The number of nitrogens with one attached hydrogen (secondary N) is 1. The van der Waals surface area contributed by atoms with Gasteiger partial charge in [-0.05, 0) is 70.6 Å². The first kappa shape index (κ1) is 62.3. The van der Waals surface area contributed by atoms with E-state index in [2.05, 4.69) is 86.8 Å². The second-order valence-electron chi connectivity index (χ2n) is 18.7. The standard InChI is InChI=1S/C59H105NO5/c1-4-7-10-13-16-19-22-24-26-28-30-32-34-37-40-43-46-49-52-59(64)65-55(50-47-44-41-38-35-21-18-15-12-9-6-3)53-58(63)60-56(54-61)57(62)51-48-45-42-39-36-33-31-29-27-25-23-20-17-14-11-8-5-2/h9,12,15,18,21-22,24,26,28,30,32,35,55-57,61-62H,4-8,10-11,13-14,16-17,19-20,23,25,27,29,31,33-34,36-54H2,1-3H3,(H,60,63)/b12-9+,18-15+,24-22+,28-26+,32-30+,35-21-. The summed E-state index contributed by atoms with van der Waals surface area (Å²) in [7, 11) is 0. The van der Waals surface area contributed by atoms with E-state index in [1.807, 2.05) is 12.2 Å². The molecule has 3 unspecified atom stereocenters. The fourth-order valence-electron chi connectivity index (χ4n) is 8.20. The van der Waals surface area contributed by atoms with Gasteiger partial charge in [-0.2, -0.15) is 0 Å². The summed E-state index contributed by atoms with van der Waals surface area (Å²) in [6.07, 6.45) is 66.8. The SMILES string of the molecule is CC/C=C/C=C/C=C\CCCCCC(CC(=O)NC(CO)C(O)CCCCCCCCCCCCCCCCCCC)OC(=O)CCCCCCC/C=C/C=C/C=C/CCCCCCC. The lowest BCUT2D eigenvalue weighted by Gasteiger charge is -2.24. The van der Waals surface area contributed by atoms with E-state index < -0.39 is 18.2 Å². The van der Waals surface area contributed by atoms with Crippen molar-refractivity contribution in [3.63, 3.8) is 0 Å². The van der Waals surface area contributed by atoms with Crippen LogP contribution in [-0.4, -0.2) is 46.9 Å². The normalized spacial score (nSPS) is 13.7. The van der Waals surface area contributed by atoms with Crippen LogP contribution in [0.3, 0.4) is 0 Å². The highest BCUT2D eigenvalue weighted by molar-refractivity contribution is 5.77. The molecule has 0 heterocycles. The lowest BCUT2D eigenvalue weighted by atomic mass is 10.0. The third-order valence-corrected chi connectivity index (χ3v) is 12.4. The minimum Gasteiger partial charge on any atom is -0.462 e. The number of rotatable bonds is 49. The molecule has 1 amide bonds. The molecule has 3 atom stereocenters. The van der Waals surface area contributed by atoms with E-state index in [4.69, 9.17) is 4.74 Å². The van der Waals surface area contributed by atoms with Crippen LogP contribution in [-0.2, 0) is 14.3 Å². The quantitative estimate of drug-likeness (QED) is 0.0321. The topological polar surface area (TPSA) is 95.9 Å². The van der Waals surface area contributed by atoms with E-state index in [-0.39, 0.29) is 24.9 Å². The molecule has 0 aliphatic rings. The fraction of sp³-hybridized carbons (Fsp3) is 0.763. The molecule has 0 spiro atoms. The van der Waals surface area contributed by atoms with Crippen molar-refractivity contribution in [2.24, 2.45) is 0 Å². The summed E-state index contributed by atoms with van der Waals surface area (Å²) >= 11 is 0. The van der Waals surface area contributed by atoms with Crippen LogP contribution < -0.4 is 5.32 Å². The van der Waals surface area contributed by atoms with Gasteiger partial charge in [0.25, 0.3) is 0 Å². The van der Waals surface area contributed by atoms with Crippen molar-refractivity contribution in [3.05, 3.63) is 72.9 Å². The van der Waals surface area contributed by atoms with Crippen molar-refractivity contribution in [3.8, 4) is 0 Å². The number of unbranched alkanes of at least 4 members (excludes halogenated alkanes) is 29. The Morgan fingerprint density at radius 2 is 0.831 bits per heavy atom. The average molecular weight is 908 g/mol. The van der Waals surface area contributed by atoms with Gasteiger partial charge in [-0.15, -0.1) is 0 Å². The molecule has 376 valence electrons. The first-order chi connectivity index (χ1) is 32.0. The third-order valence-electron chi connectivity index (χ3n) is 12.4. The van der Waals surface area contributed by atoms with Gasteiger partial charge >= 0.3 is 5.97 Å². The maximum atomic E-state index is 13.2. The largest absolute Gasteiger partial charge is 0.462 e. The predicted molar refractivity (Wildman–Crippen MR) is 282 cm³/mol. The smallest absolute Gasteiger partial charge is 0.306 e. The second-order valence-corrected chi connectivity index (χ2v) is 18.7. The molecule has 0 bridgehead atoms. The molecular weight excluding hydrogens is 803 g/mol. The Bertz CT molecular complexity index is 1200. The Morgan fingerprint density at radius 3 is 1.26 bits per heavy atom. The van der Waals surface area contributed by atoms with Crippen LogP contribution in [0.15, 0.2) is 72.9 Å². The summed E-state index contributed by atoms with van der Waals surface area (Å²) in [6, 6.07) is -0.720. The molecule has 6 nitrogen and oxygen atoms in total. The molecule has 0 aromatic rings. The minimum atomic E-state index is -0.804. The number of allylic oxidation sites excluding steroid dienone is 12. The molecule has 65 heavy (non-hydrogen) atoms. The summed E-state index contributed by atoms with van der Waals surface area (Å²) in [5.41, 5.74) is 0. The maximum Gasteiger partial charge on any atom is 0.306 e. The number of aliphatic hydroxyl groups is 2. The first-order valence-corrected chi connectivity index (χ1v) is 27.7. The molecule has 6 heteroatoms. The van der Waals surface area contributed by atoms with Gasteiger partial charge in [-0.1, -0.05) is 254 Å². The van der Waals surface area contributed by atoms with Crippen LogP contribution in [0.1, 0.15) is 265 Å². The molecule has 0 saturated carbocycles. The van der Waals surface area contributed by atoms with Crippen molar-refractivity contribution in [2.45, 2.75) is 283 Å². The van der Waals surface area contributed by atoms with Crippen molar-refractivity contribution in [1.29, 1.82) is 0 Å². The number of ether oxygens (including phenoxy) is 1. The number of esters is 1. The van der Waals surface area contributed by atoms with Crippen LogP contribution in [0, 0.1) is 0 Å². The zero-order chi connectivity index (χ0) is 47.4. The van der Waals surface area contributed by atoms with Gasteiger partial charge in [0.1, 0.15) is 6.10 Å². The summed E-state index contributed by atoms with van der Waals surface area (Å²) in [5, 5.41) is 23.8. The predicted octanol–water partition coefficient (Wildman–Crippen LogP) is 17.0. The summed E-state index contributed by atoms with van der Waals surface area (Å²) in [4.78, 5) is 26.2. The third kappa shape index (κ3) is 47.6. The van der Waals surface area contributed by atoms with E-state index in [9.17, 15) is 19.8 Å². The van der Waals surface area contributed by atoms with Gasteiger partial charge in [0.05, 0.1) is 25.2 Å². The van der Waals surface area contributed by atoms with Crippen LogP contribution in [0.5, 0.6) is 0 Å². The molecular formula is C59H105NO5. The minimum absolute atomic E-state index is 0.0438. The van der Waals surface area contributed by atoms with Gasteiger partial charge in [0, 0.05) is 6.42 Å². The molecule has 0 fully saturated rings. The maximum absolute atomic E-state index is 13.2. The van der Waals surface area contributed by atoms with Crippen molar-refractivity contribution < 1.29 is 24.5 Å². The summed E-state index contributed by atoms with van der Waals surface area (Å²) in [5.74, 6) is -0.531. The van der Waals surface area contributed by atoms with E-state index in [0.717, 1.165) is 89.9 Å². The molecule has 0 rings (SSSR count). The molecule has 0 aromatic heterocycles. The molecule has 0 aliphatic carbocycles. The zero-order valence-corrected chi connectivity index (χ0v) is 42.9. The number of amides is 1. The average Bonchev–Trinajstić information content (AvgIpc) is 3.30. The Morgan fingerprint density at radius 1 is 0.462 bits per heavy atom. The van der Waals surface area contributed by atoms with Gasteiger partial charge in [-0.25, -0.2) is 0 Å². The summed E-state index contributed by atoms with van der Waals surface area (Å²) < 4.78 is 5.91. The number of aliphatic hydroxyl groups excluding tert-OH is 2. The first-order valence-electron chi connectivity index (χ1n) is 27.7. The molecule has 0 saturated heterocycles. The highest BCUT2D eigenvalue weighted by Gasteiger charge is 2.24. The van der Waals surface area contributed by atoms with Crippen LogP contribution in [0.25, 0.3) is 0 Å². The highest BCUT2D eigenvalue weighted by atomic mass is 16.5. The Balaban J connectivity index is 4.53. The van der Waals surface area contributed by atoms with Gasteiger partial charge < -0.3 is 20.3 Å². The molecule has 0 aromatic carbocycles. The van der Waals surface area contributed by atoms with Crippen molar-refractivity contribution in [2.75, 3.05) is 6.61 Å². The van der Waals surface area contributed by atoms with Crippen LogP contribution >= 0.6 is 0 Å². The number of carbonyl (C=O) groups is 2. The molecule has 3 N–H and O–H groups in total. The van der Waals surface area contributed by atoms with Crippen molar-refractivity contribution >= 4 is 11.9 Å². The lowest BCUT2D eigenvalue weighted by molar-refractivity contribution is -0.151. The van der Waals surface area contributed by atoms with E-state index in [1.54, 1.807) is 0 Å². The molecule has 0 aliphatic heterocycles. The summed E-state index contributed by atoms with van der Waals surface area (Å²) in [6.45, 7) is 6.33. The second kappa shape index (κ2) is 52.3. The van der Waals surface area contributed by atoms with Gasteiger partial charge in [0.2, 0.25) is 5.91 Å². The highest BCUT2D eigenvalue weighted by Crippen LogP contribution is 2.18. The van der Waals surface area contributed by atoms with Crippen LogP contribution in [0.4, 0.5) is 0 Å². The van der Waals surface area contributed by atoms with Crippen molar-refractivity contribution in [1.82, 2.24) is 5.32 Å². The van der Waals surface area contributed by atoms with E-state index in [1.165, 1.54) is 128 Å². The van der Waals surface area contributed by atoms with E-state index >= 15 is 0 Å². The van der Waals surface area contributed by atoms with E-state index in [0.29, 0.717) is 19.3 Å². The fourth-order valence-corrected chi connectivity index (χ4v) is 8.20. The zero-order valence-electron chi connectivity index (χ0n) is 42.9. The number of hydrogen-bond donors (Lipinski definition) is 3. The lowest BCUT2D eigenvalue weighted by Crippen LogP contribution is -2.46. The number of hydrogen-bond acceptors (Lipinski definition) is 5. The Kier molecular flexibility index (Phi) is 50.1. The molecule has 0 radical (unpaired) electrons. The van der Waals surface area contributed by atoms with Crippen LogP contribution in [0.2, 0.25) is 0 Å². The van der Waals surface area contributed by atoms with Gasteiger partial charge in [0.15, 0.2) is 0 Å². The monoisotopic (exact) mass is 908 g/mol.